The number of benzene rings is 1. The van der Waals surface area contributed by atoms with E-state index in [-0.39, 0.29) is 18.2 Å². The SMILES string of the molecule is CO[C@@H](C)c1nnc2ccc(O[C@@H]3CC[C@H](NC(N)=O)c4ccccc43)cn12. The third-order valence-corrected chi connectivity index (χ3v) is 5.15. The lowest BCUT2D eigenvalue weighted by atomic mass is 9.85. The summed E-state index contributed by atoms with van der Waals surface area (Å²) in [5.41, 5.74) is 8.16. The van der Waals surface area contributed by atoms with Crippen molar-refractivity contribution in [2.75, 3.05) is 7.11 Å². The first-order valence-electron chi connectivity index (χ1n) is 9.25. The second kappa shape index (κ2) is 7.47. The Morgan fingerprint density at radius 1 is 1.21 bits per heavy atom. The van der Waals surface area contributed by atoms with Crippen molar-refractivity contribution >= 4 is 11.7 Å². The fourth-order valence-electron chi connectivity index (χ4n) is 3.70. The predicted molar refractivity (Wildman–Crippen MR) is 103 cm³/mol. The van der Waals surface area contributed by atoms with E-state index < -0.39 is 6.03 Å². The number of pyridine rings is 1. The van der Waals surface area contributed by atoms with Crippen LogP contribution in [-0.2, 0) is 4.74 Å². The number of methoxy groups -OCH3 is 1. The van der Waals surface area contributed by atoms with Gasteiger partial charge in [0.15, 0.2) is 11.5 Å². The molecule has 2 heterocycles. The minimum absolute atomic E-state index is 0.0944. The Bertz CT molecular complexity index is 1000. The first kappa shape index (κ1) is 18.2. The van der Waals surface area contributed by atoms with Crippen LogP contribution in [0.15, 0.2) is 42.6 Å². The molecule has 4 rings (SSSR count). The average molecular weight is 381 g/mol. The van der Waals surface area contributed by atoms with Crippen molar-refractivity contribution in [3.63, 3.8) is 0 Å². The van der Waals surface area contributed by atoms with Gasteiger partial charge in [0.2, 0.25) is 0 Å². The molecule has 0 fully saturated rings. The molecule has 3 aromatic rings. The van der Waals surface area contributed by atoms with Crippen LogP contribution in [0.3, 0.4) is 0 Å². The van der Waals surface area contributed by atoms with Gasteiger partial charge in [-0.1, -0.05) is 24.3 Å². The van der Waals surface area contributed by atoms with Crippen molar-refractivity contribution in [1.29, 1.82) is 0 Å². The Morgan fingerprint density at radius 2 is 2.00 bits per heavy atom. The fourth-order valence-corrected chi connectivity index (χ4v) is 3.70. The molecular formula is C20H23N5O3. The van der Waals surface area contributed by atoms with Gasteiger partial charge in [0.05, 0.1) is 12.2 Å². The molecule has 2 aromatic heterocycles. The number of nitrogens with two attached hydrogens (primary N) is 1. The van der Waals surface area contributed by atoms with Crippen LogP contribution < -0.4 is 15.8 Å². The van der Waals surface area contributed by atoms with Crippen molar-refractivity contribution in [3.8, 4) is 5.75 Å². The maximum Gasteiger partial charge on any atom is 0.312 e. The first-order chi connectivity index (χ1) is 13.6. The van der Waals surface area contributed by atoms with E-state index in [4.69, 9.17) is 15.2 Å². The lowest BCUT2D eigenvalue weighted by molar-refractivity contribution is 0.111. The largest absolute Gasteiger partial charge is 0.484 e. The highest BCUT2D eigenvalue weighted by molar-refractivity contribution is 5.72. The molecule has 0 bridgehead atoms. The number of nitrogens with one attached hydrogen (secondary N) is 1. The zero-order valence-electron chi connectivity index (χ0n) is 15.8. The second-order valence-corrected chi connectivity index (χ2v) is 6.90. The van der Waals surface area contributed by atoms with Crippen LogP contribution in [-0.4, -0.2) is 27.7 Å². The third-order valence-electron chi connectivity index (χ3n) is 5.15. The number of amides is 2. The van der Waals surface area contributed by atoms with E-state index in [0.717, 1.165) is 41.2 Å². The number of urea groups is 1. The van der Waals surface area contributed by atoms with Crippen LogP contribution in [0.2, 0.25) is 0 Å². The number of hydrogen-bond acceptors (Lipinski definition) is 5. The standard InChI is InChI=1S/C20H23N5O3/c1-12(27-2)19-24-23-18-10-7-13(11-25(18)19)28-17-9-8-16(22-20(21)26)14-5-3-4-6-15(14)17/h3-7,10-12,16-17H,8-9H2,1-2H3,(H3,21,22,26)/t12-,16-,17+/m0/s1. The number of carbonyl (C=O) groups excluding carboxylic acids is 1. The molecule has 1 aliphatic rings. The van der Waals surface area contributed by atoms with Gasteiger partial charge in [-0.25, -0.2) is 4.79 Å². The highest BCUT2D eigenvalue weighted by Gasteiger charge is 2.29. The van der Waals surface area contributed by atoms with Gasteiger partial charge in [-0.2, -0.15) is 0 Å². The number of primary amides is 1. The summed E-state index contributed by atoms with van der Waals surface area (Å²) in [6, 6.07) is 11.1. The number of rotatable bonds is 5. The van der Waals surface area contributed by atoms with Crippen LogP contribution >= 0.6 is 0 Å². The number of fused-ring (bicyclic) bond motifs is 2. The van der Waals surface area contributed by atoms with Crippen LogP contribution in [0.25, 0.3) is 5.65 Å². The number of ether oxygens (including phenoxy) is 2. The number of carbonyl (C=O) groups is 1. The Morgan fingerprint density at radius 3 is 2.75 bits per heavy atom. The molecule has 3 atom stereocenters. The summed E-state index contributed by atoms with van der Waals surface area (Å²) in [6.45, 7) is 1.92. The summed E-state index contributed by atoms with van der Waals surface area (Å²) in [7, 11) is 1.64. The van der Waals surface area contributed by atoms with Gasteiger partial charge in [0.1, 0.15) is 18.0 Å². The van der Waals surface area contributed by atoms with E-state index in [0.29, 0.717) is 0 Å². The molecular weight excluding hydrogens is 358 g/mol. The van der Waals surface area contributed by atoms with Crippen LogP contribution in [0, 0.1) is 0 Å². The van der Waals surface area contributed by atoms with Gasteiger partial charge in [-0.05, 0) is 43.0 Å². The molecule has 0 spiro atoms. The van der Waals surface area contributed by atoms with Crippen molar-refractivity contribution in [3.05, 3.63) is 59.5 Å². The van der Waals surface area contributed by atoms with Crippen molar-refractivity contribution < 1.29 is 14.3 Å². The third kappa shape index (κ3) is 3.38. The Hall–Kier alpha value is -3.13. The Labute approximate surface area is 162 Å². The summed E-state index contributed by atoms with van der Waals surface area (Å²) in [5, 5.41) is 11.2. The van der Waals surface area contributed by atoms with Crippen LogP contribution in [0.4, 0.5) is 4.79 Å². The minimum atomic E-state index is -0.517. The van der Waals surface area contributed by atoms with E-state index in [9.17, 15) is 4.79 Å². The smallest absolute Gasteiger partial charge is 0.312 e. The molecule has 8 heteroatoms. The van der Waals surface area contributed by atoms with Gasteiger partial charge in [0, 0.05) is 7.11 Å². The van der Waals surface area contributed by atoms with Gasteiger partial charge < -0.3 is 20.5 Å². The van der Waals surface area contributed by atoms with Gasteiger partial charge in [0.25, 0.3) is 0 Å². The van der Waals surface area contributed by atoms with Gasteiger partial charge in [-0.3, -0.25) is 4.40 Å². The molecule has 2 amide bonds. The molecule has 0 radical (unpaired) electrons. The normalized spacial score (nSPS) is 19.8. The Kier molecular flexibility index (Phi) is 4.87. The molecule has 0 saturated heterocycles. The van der Waals surface area contributed by atoms with E-state index in [1.165, 1.54) is 0 Å². The Balaban J connectivity index is 1.63. The minimum Gasteiger partial charge on any atom is -0.484 e. The fraction of sp³-hybridized carbons (Fsp3) is 0.350. The first-order valence-corrected chi connectivity index (χ1v) is 9.25. The molecule has 28 heavy (non-hydrogen) atoms. The lowest BCUT2D eigenvalue weighted by Crippen LogP contribution is -2.36. The predicted octanol–water partition coefficient (Wildman–Crippen LogP) is 3.06. The molecule has 0 unspecified atom stereocenters. The van der Waals surface area contributed by atoms with Crippen LogP contribution in [0.1, 0.15) is 55.0 Å². The molecule has 0 aliphatic heterocycles. The summed E-state index contributed by atoms with van der Waals surface area (Å²) < 4.78 is 13.6. The highest BCUT2D eigenvalue weighted by atomic mass is 16.5. The lowest BCUT2D eigenvalue weighted by Gasteiger charge is -2.32. The van der Waals surface area contributed by atoms with E-state index >= 15 is 0 Å². The quantitative estimate of drug-likeness (QED) is 0.707. The average Bonchev–Trinajstić information content (AvgIpc) is 3.12. The molecule has 146 valence electrons. The summed E-state index contributed by atoms with van der Waals surface area (Å²) >= 11 is 0. The van der Waals surface area contributed by atoms with E-state index in [1.54, 1.807) is 7.11 Å². The summed E-state index contributed by atoms with van der Waals surface area (Å²) in [4.78, 5) is 11.3. The van der Waals surface area contributed by atoms with E-state index in [1.807, 2.05) is 53.9 Å². The number of nitrogens with zero attached hydrogens (tertiary/aromatic N) is 3. The molecule has 3 N–H and O–H groups in total. The van der Waals surface area contributed by atoms with E-state index in [2.05, 4.69) is 15.5 Å². The number of hydrogen-bond donors (Lipinski definition) is 2. The molecule has 8 nitrogen and oxygen atoms in total. The van der Waals surface area contributed by atoms with Crippen molar-refractivity contribution in [2.24, 2.45) is 5.73 Å². The van der Waals surface area contributed by atoms with Crippen molar-refractivity contribution in [1.82, 2.24) is 19.9 Å². The topological polar surface area (TPSA) is 104 Å². The van der Waals surface area contributed by atoms with Gasteiger partial charge >= 0.3 is 6.03 Å². The second-order valence-electron chi connectivity index (χ2n) is 6.90. The maximum atomic E-state index is 11.3. The summed E-state index contributed by atoms with van der Waals surface area (Å²) in [5.74, 6) is 1.44. The van der Waals surface area contributed by atoms with Crippen LogP contribution in [0.5, 0.6) is 5.75 Å². The maximum absolute atomic E-state index is 11.3. The molecule has 0 saturated carbocycles. The van der Waals surface area contributed by atoms with Gasteiger partial charge in [-0.15, -0.1) is 10.2 Å². The molecule has 1 aromatic carbocycles. The monoisotopic (exact) mass is 381 g/mol. The number of aromatic nitrogens is 3. The van der Waals surface area contributed by atoms with Crippen molar-refractivity contribution in [2.45, 2.75) is 38.0 Å². The zero-order valence-corrected chi connectivity index (χ0v) is 15.8. The molecule has 1 aliphatic carbocycles. The summed E-state index contributed by atoms with van der Waals surface area (Å²) in [6.07, 6.45) is 3.12. The zero-order chi connectivity index (χ0) is 19.7. The highest BCUT2D eigenvalue weighted by Crippen LogP contribution is 2.38.